The van der Waals surface area contributed by atoms with Gasteiger partial charge in [-0.15, -0.1) is 0 Å². The van der Waals surface area contributed by atoms with Gasteiger partial charge in [-0.2, -0.15) is 0 Å². The van der Waals surface area contributed by atoms with E-state index in [0.29, 0.717) is 34.1 Å². The highest BCUT2D eigenvalue weighted by Gasteiger charge is 2.17. The van der Waals surface area contributed by atoms with Gasteiger partial charge in [0.2, 0.25) is 0 Å². The number of aliphatic hydroxyl groups is 1. The van der Waals surface area contributed by atoms with Crippen LogP contribution in [0.25, 0.3) is 0 Å². The smallest absolute Gasteiger partial charge is 0.158 e. The number of halogens is 3. The largest absolute Gasteiger partial charge is 0.390 e. The molecule has 0 radical (unpaired) electrons. The van der Waals surface area contributed by atoms with Crippen LogP contribution in [0, 0.1) is 0 Å². The first-order valence-corrected chi connectivity index (χ1v) is 12.2. The van der Waals surface area contributed by atoms with Gasteiger partial charge in [-0.1, -0.05) is 34.8 Å². The van der Waals surface area contributed by atoms with E-state index in [4.69, 9.17) is 53.8 Å². The standard InChI is InChI=1S/C12H16ClNO3.C11H13Cl2NO2/c13-10-4-5-14-11(7-15)9(10)8-17-12-3-1-2-6-16-12;12-9-4-5-14-11(13)8(9)7-16-10-3-1-2-6-15-10/h4-5,12,15H,1-3,6-8H2;4-5,10H,1-3,6-7H2. The average molecular weight is 520 g/mol. The van der Waals surface area contributed by atoms with E-state index in [0.717, 1.165) is 62.9 Å². The van der Waals surface area contributed by atoms with Gasteiger partial charge in [-0.25, -0.2) is 4.98 Å². The van der Waals surface area contributed by atoms with Crippen LogP contribution < -0.4 is 0 Å². The second kappa shape index (κ2) is 14.4. The highest BCUT2D eigenvalue weighted by Crippen LogP contribution is 2.25. The number of pyridine rings is 2. The van der Waals surface area contributed by atoms with Crippen molar-refractivity contribution in [2.24, 2.45) is 0 Å². The van der Waals surface area contributed by atoms with Gasteiger partial charge in [-0.3, -0.25) is 4.98 Å². The summed E-state index contributed by atoms with van der Waals surface area (Å²) in [7, 11) is 0. The van der Waals surface area contributed by atoms with E-state index in [1.54, 1.807) is 24.5 Å². The van der Waals surface area contributed by atoms with Crippen LogP contribution in [0.15, 0.2) is 24.5 Å². The number of ether oxygens (including phenoxy) is 4. The Morgan fingerprint density at radius 2 is 1.36 bits per heavy atom. The molecule has 2 aliphatic rings. The fraction of sp³-hybridized carbons (Fsp3) is 0.565. The molecule has 4 rings (SSSR count). The van der Waals surface area contributed by atoms with E-state index < -0.39 is 0 Å². The highest BCUT2D eigenvalue weighted by molar-refractivity contribution is 6.35. The molecule has 10 heteroatoms. The third-order valence-corrected chi connectivity index (χ3v) is 6.32. The van der Waals surface area contributed by atoms with E-state index in [1.807, 2.05) is 0 Å². The summed E-state index contributed by atoms with van der Waals surface area (Å²) < 4.78 is 22.1. The third kappa shape index (κ3) is 8.60. The van der Waals surface area contributed by atoms with Gasteiger partial charge in [0, 0.05) is 41.8 Å². The van der Waals surface area contributed by atoms with Gasteiger partial charge in [0.1, 0.15) is 5.15 Å². The molecule has 2 saturated heterocycles. The summed E-state index contributed by atoms with van der Waals surface area (Å²) in [5, 5.41) is 10.7. The summed E-state index contributed by atoms with van der Waals surface area (Å²) in [6.45, 7) is 2.05. The van der Waals surface area contributed by atoms with Gasteiger partial charge < -0.3 is 24.1 Å². The minimum absolute atomic E-state index is 0.134. The van der Waals surface area contributed by atoms with Gasteiger partial charge in [0.25, 0.3) is 0 Å². The Kier molecular flexibility index (Phi) is 11.6. The zero-order chi connectivity index (χ0) is 23.5. The quantitative estimate of drug-likeness (QED) is 0.470. The summed E-state index contributed by atoms with van der Waals surface area (Å²) in [6.07, 6.45) is 9.15. The molecule has 2 atom stereocenters. The summed E-state index contributed by atoms with van der Waals surface area (Å²) in [4.78, 5) is 8.03. The molecule has 0 spiro atoms. The number of aliphatic hydroxyl groups excluding tert-OH is 1. The first-order chi connectivity index (χ1) is 16.1. The first-order valence-electron chi connectivity index (χ1n) is 11.1. The molecule has 0 saturated carbocycles. The summed E-state index contributed by atoms with van der Waals surface area (Å²) >= 11 is 18.0. The van der Waals surface area contributed by atoms with E-state index in [1.165, 1.54) is 0 Å². The average Bonchev–Trinajstić information content (AvgIpc) is 2.84. The topological polar surface area (TPSA) is 82.9 Å². The molecule has 0 aromatic carbocycles. The minimum Gasteiger partial charge on any atom is -0.390 e. The maximum absolute atomic E-state index is 9.17. The minimum atomic E-state index is -0.161. The molecule has 2 aliphatic heterocycles. The maximum atomic E-state index is 9.17. The van der Waals surface area contributed by atoms with Crippen LogP contribution in [-0.2, 0) is 38.8 Å². The molecule has 2 unspecified atom stereocenters. The van der Waals surface area contributed by atoms with E-state index in [-0.39, 0.29) is 19.2 Å². The van der Waals surface area contributed by atoms with Crippen LogP contribution in [0.1, 0.15) is 55.3 Å². The Hall–Kier alpha value is -1.03. The first kappa shape index (κ1) is 26.6. The van der Waals surface area contributed by atoms with Crippen LogP contribution in [0.4, 0.5) is 0 Å². The second-order valence-corrected chi connectivity index (χ2v) is 8.82. The Bertz CT molecular complexity index is 842. The van der Waals surface area contributed by atoms with Gasteiger partial charge in [-0.05, 0) is 50.7 Å². The Morgan fingerprint density at radius 1 is 0.818 bits per heavy atom. The zero-order valence-corrected chi connectivity index (χ0v) is 20.6. The molecule has 7 nitrogen and oxygen atoms in total. The molecule has 1 N–H and O–H groups in total. The van der Waals surface area contributed by atoms with Crippen LogP contribution in [0.3, 0.4) is 0 Å². The Labute approximate surface area is 209 Å². The fourth-order valence-electron chi connectivity index (χ4n) is 3.41. The molecular formula is C23H29Cl3N2O5. The zero-order valence-electron chi connectivity index (χ0n) is 18.4. The number of hydrogen-bond acceptors (Lipinski definition) is 7. The van der Waals surface area contributed by atoms with Crippen LogP contribution in [0.2, 0.25) is 15.2 Å². The van der Waals surface area contributed by atoms with Gasteiger partial charge in [0.15, 0.2) is 12.6 Å². The molecule has 4 heterocycles. The van der Waals surface area contributed by atoms with Crippen molar-refractivity contribution in [3.8, 4) is 0 Å². The van der Waals surface area contributed by atoms with Crippen molar-refractivity contribution in [2.75, 3.05) is 13.2 Å². The molecule has 182 valence electrons. The molecule has 0 aliphatic carbocycles. The Morgan fingerprint density at radius 3 is 1.88 bits per heavy atom. The second-order valence-electron chi connectivity index (χ2n) is 7.65. The summed E-state index contributed by atoms with van der Waals surface area (Å²) in [5.41, 5.74) is 2.03. The van der Waals surface area contributed by atoms with Crippen molar-refractivity contribution in [1.29, 1.82) is 0 Å². The SMILES string of the molecule is Clc1ccnc(Cl)c1COC1CCCCO1.OCc1nccc(Cl)c1COC1CCCCO1. The molecule has 2 fully saturated rings. The monoisotopic (exact) mass is 518 g/mol. The predicted octanol–water partition coefficient (Wildman–Crippen LogP) is 5.70. The molecule has 0 bridgehead atoms. The number of nitrogens with zero attached hydrogens (tertiary/aromatic N) is 2. The summed E-state index contributed by atoms with van der Waals surface area (Å²) in [6, 6.07) is 3.40. The molecule has 2 aromatic heterocycles. The van der Waals surface area contributed by atoms with Gasteiger partial charge >= 0.3 is 0 Å². The molecule has 0 amide bonds. The van der Waals surface area contributed by atoms with Crippen molar-refractivity contribution >= 4 is 34.8 Å². The number of aromatic nitrogens is 2. The van der Waals surface area contributed by atoms with E-state index in [9.17, 15) is 5.11 Å². The normalized spacial score (nSPS) is 20.7. The van der Waals surface area contributed by atoms with Gasteiger partial charge in [0.05, 0.1) is 30.5 Å². The van der Waals surface area contributed by atoms with E-state index >= 15 is 0 Å². The van der Waals surface area contributed by atoms with Crippen molar-refractivity contribution in [1.82, 2.24) is 9.97 Å². The highest BCUT2D eigenvalue weighted by atomic mass is 35.5. The van der Waals surface area contributed by atoms with Crippen LogP contribution >= 0.6 is 34.8 Å². The number of rotatable bonds is 7. The molecular weight excluding hydrogens is 491 g/mol. The number of hydrogen-bond donors (Lipinski definition) is 1. The lowest BCUT2D eigenvalue weighted by Crippen LogP contribution is -2.22. The summed E-state index contributed by atoms with van der Waals surface area (Å²) in [5.74, 6) is 0. The lowest BCUT2D eigenvalue weighted by Gasteiger charge is -2.23. The maximum Gasteiger partial charge on any atom is 0.158 e. The van der Waals surface area contributed by atoms with E-state index in [2.05, 4.69) is 9.97 Å². The third-order valence-electron chi connectivity index (χ3n) is 5.29. The fourth-order valence-corrected chi connectivity index (χ4v) is 4.09. The predicted molar refractivity (Wildman–Crippen MR) is 126 cm³/mol. The van der Waals surface area contributed by atoms with Crippen molar-refractivity contribution < 1.29 is 24.1 Å². The van der Waals surface area contributed by atoms with Crippen molar-refractivity contribution in [2.45, 2.75) is 70.9 Å². The lowest BCUT2D eigenvalue weighted by atomic mass is 10.2. The molecule has 33 heavy (non-hydrogen) atoms. The Balaban J connectivity index is 0.000000186. The van der Waals surface area contributed by atoms with Crippen molar-refractivity contribution in [3.63, 3.8) is 0 Å². The van der Waals surface area contributed by atoms with Crippen LogP contribution in [-0.4, -0.2) is 40.9 Å². The van der Waals surface area contributed by atoms with Crippen LogP contribution in [0.5, 0.6) is 0 Å². The van der Waals surface area contributed by atoms with Crippen molar-refractivity contribution in [3.05, 3.63) is 56.5 Å². The lowest BCUT2D eigenvalue weighted by molar-refractivity contribution is -0.169. The molecule has 2 aromatic rings.